The molecule has 4 rings (SSSR count). The molecule has 0 saturated heterocycles. The van der Waals surface area contributed by atoms with E-state index in [2.05, 4.69) is 17.2 Å². The summed E-state index contributed by atoms with van der Waals surface area (Å²) in [7, 11) is 0. The van der Waals surface area contributed by atoms with E-state index in [1.165, 1.54) is 11.0 Å². The maximum absolute atomic E-state index is 13.0. The molecule has 0 bridgehead atoms. The van der Waals surface area contributed by atoms with E-state index in [4.69, 9.17) is 4.42 Å². The Balaban J connectivity index is 1.60. The lowest BCUT2D eigenvalue weighted by Crippen LogP contribution is -2.43. The lowest BCUT2D eigenvalue weighted by atomic mass is 9.86. The zero-order valence-corrected chi connectivity index (χ0v) is 15.4. The number of rotatable bonds is 5. The third-order valence-corrected chi connectivity index (χ3v) is 5.43. The van der Waals surface area contributed by atoms with Crippen LogP contribution < -0.4 is 11.0 Å². The predicted molar refractivity (Wildman–Crippen MR) is 101 cm³/mol. The molecule has 7 heteroatoms. The van der Waals surface area contributed by atoms with E-state index in [0.717, 1.165) is 19.3 Å². The van der Waals surface area contributed by atoms with E-state index in [1.54, 1.807) is 29.2 Å². The molecule has 27 heavy (non-hydrogen) atoms. The summed E-state index contributed by atoms with van der Waals surface area (Å²) in [4.78, 5) is 29.9. The van der Waals surface area contributed by atoms with Gasteiger partial charge in [0, 0.05) is 12.2 Å². The van der Waals surface area contributed by atoms with Gasteiger partial charge in [0.1, 0.15) is 12.3 Å². The summed E-state index contributed by atoms with van der Waals surface area (Å²) >= 11 is 0. The van der Waals surface area contributed by atoms with Gasteiger partial charge in [-0.3, -0.25) is 13.9 Å². The Kier molecular flexibility index (Phi) is 4.83. The minimum atomic E-state index is -0.257. The molecule has 3 heterocycles. The highest BCUT2D eigenvalue weighted by molar-refractivity contribution is 5.79. The van der Waals surface area contributed by atoms with E-state index in [-0.39, 0.29) is 30.7 Å². The summed E-state index contributed by atoms with van der Waals surface area (Å²) < 4.78 is 8.41. The van der Waals surface area contributed by atoms with Crippen LogP contribution in [0.25, 0.3) is 11.2 Å². The van der Waals surface area contributed by atoms with Crippen molar-refractivity contribution in [1.29, 1.82) is 0 Å². The SMILES string of the molecule is C[C@@H]1CCCC[C@@H]1NC(=O)Cn1c(=O)n(Cc2ccco2)c2ncccc21. The summed E-state index contributed by atoms with van der Waals surface area (Å²) in [6, 6.07) is 7.38. The molecule has 0 radical (unpaired) electrons. The van der Waals surface area contributed by atoms with Gasteiger partial charge in [-0.1, -0.05) is 19.8 Å². The van der Waals surface area contributed by atoms with Crippen LogP contribution in [0.4, 0.5) is 0 Å². The lowest BCUT2D eigenvalue weighted by Gasteiger charge is -2.29. The summed E-state index contributed by atoms with van der Waals surface area (Å²) in [5, 5.41) is 3.12. The molecule has 0 aliphatic heterocycles. The molecule has 0 spiro atoms. The van der Waals surface area contributed by atoms with Crippen LogP contribution in [0.1, 0.15) is 38.4 Å². The van der Waals surface area contributed by atoms with Gasteiger partial charge in [-0.2, -0.15) is 0 Å². The molecule has 1 N–H and O–H groups in total. The molecule has 3 aromatic heterocycles. The fourth-order valence-electron chi connectivity index (χ4n) is 3.93. The molecule has 1 amide bonds. The van der Waals surface area contributed by atoms with Crippen molar-refractivity contribution in [2.24, 2.45) is 5.92 Å². The van der Waals surface area contributed by atoms with Gasteiger partial charge in [0.25, 0.3) is 0 Å². The average Bonchev–Trinajstić information content (AvgIpc) is 3.27. The quantitative estimate of drug-likeness (QED) is 0.750. The molecule has 0 unspecified atom stereocenters. The second-order valence-corrected chi connectivity index (χ2v) is 7.32. The predicted octanol–water partition coefficient (Wildman–Crippen LogP) is 2.53. The van der Waals surface area contributed by atoms with Crippen molar-refractivity contribution in [3.8, 4) is 0 Å². The van der Waals surface area contributed by atoms with Crippen molar-refractivity contribution in [3.63, 3.8) is 0 Å². The van der Waals surface area contributed by atoms with Crippen LogP contribution in [0.2, 0.25) is 0 Å². The van der Waals surface area contributed by atoms with Crippen molar-refractivity contribution < 1.29 is 9.21 Å². The number of nitrogens with one attached hydrogen (secondary N) is 1. The highest BCUT2D eigenvalue weighted by Gasteiger charge is 2.24. The minimum absolute atomic E-state index is 0.00456. The Bertz CT molecular complexity index is 986. The van der Waals surface area contributed by atoms with Gasteiger partial charge in [-0.25, -0.2) is 9.78 Å². The smallest absolute Gasteiger partial charge is 0.331 e. The first-order valence-electron chi connectivity index (χ1n) is 9.49. The van der Waals surface area contributed by atoms with Crippen molar-refractivity contribution in [1.82, 2.24) is 19.4 Å². The van der Waals surface area contributed by atoms with E-state index in [1.807, 2.05) is 12.1 Å². The first-order valence-corrected chi connectivity index (χ1v) is 9.49. The second kappa shape index (κ2) is 7.42. The summed E-state index contributed by atoms with van der Waals surface area (Å²) in [6.07, 6.45) is 7.72. The molecular formula is C20H24N4O3. The van der Waals surface area contributed by atoms with Gasteiger partial charge in [0.15, 0.2) is 5.65 Å². The molecule has 142 valence electrons. The van der Waals surface area contributed by atoms with Gasteiger partial charge in [-0.15, -0.1) is 0 Å². The van der Waals surface area contributed by atoms with E-state index in [0.29, 0.717) is 22.8 Å². The number of hydrogen-bond donors (Lipinski definition) is 1. The Morgan fingerprint density at radius 2 is 2.11 bits per heavy atom. The van der Waals surface area contributed by atoms with Gasteiger partial charge in [-0.05, 0) is 43.0 Å². The first-order chi connectivity index (χ1) is 13.1. The monoisotopic (exact) mass is 368 g/mol. The number of carbonyl (C=O) groups excluding carboxylic acids is 1. The Hall–Kier alpha value is -2.83. The van der Waals surface area contributed by atoms with Crippen molar-refractivity contribution in [2.45, 2.75) is 51.7 Å². The number of furan rings is 1. The van der Waals surface area contributed by atoms with Crippen LogP contribution in [0.3, 0.4) is 0 Å². The van der Waals surface area contributed by atoms with Crippen molar-refractivity contribution in [2.75, 3.05) is 0 Å². The van der Waals surface area contributed by atoms with Crippen LogP contribution in [0.5, 0.6) is 0 Å². The van der Waals surface area contributed by atoms with Crippen molar-refractivity contribution >= 4 is 17.1 Å². The molecule has 2 atom stereocenters. The highest BCUT2D eigenvalue weighted by Crippen LogP contribution is 2.23. The molecule has 1 aliphatic rings. The van der Waals surface area contributed by atoms with Crippen LogP contribution in [0.15, 0.2) is 45.9 Å². The zero-order chi connectivity index (χ0) is 18.8. The molecule has 1 saturated carbocycles. The maximum atomic E-state index is 13.0. The molecule has 1 aliphatic carbocycles. The van der Waals surface area contributed by atoms with Crippen LogP contribution in [0, 0.1) is 5.92 Å². The summed E-state index contributed by atoms with van der Waals surface area (Å²) in [5.41, 5.74) is 0.950. The number of hydrogen-bond acceptors (Lipinski definition) is 4. The third kappa shape index (κ3) is 3.54. The van der Waals surface area contributed by atoms with Crippen LogP contribution in [-0.2, 0) is 17.9 Å². The first kappa shape index (κ1) is 17.6. The minimum Gasteiger partial charge on any atom is -0.467 e. The molecular weight excluding hydrogens is 344 g/mol. The number of nitrogens with zero attached hydrogens (tertiary/aromatic N) is 3. The van der Waals surface area contributed by atoms with Gasteiger partial charge >= 0.3 is 5.69 Å². The topological polar surface area (TPSA) is 82.1 Å². The summed E-state index contributed by atoms with van der Waals surface area (Å²) in [6.45, 7) is 2.46. The zero-order valence-electron chi connectivity index (χ0n) is 15.4. The Morgan fingerprint density at radius 1 is 1.26 bits per heavy atom. The second-order valence-electron chi connectivity index (χ2n) is 7.32. The number of carbonyl (C=O) groups is 1. The van der Waals surface area contributed by atoms with Gasteiger partial charge in [0.05, 0.1) is 18.3 Å². The van der Waals surface area contributed by atoms with E-state index >= 15 is 0 Å². The maximum Gasteiger partial charge on any atom is 0.331 e. The third-order valence-electron chi connectivity index (χ3n) is 5.43. The highest BCUT2D eigenvalue weighted by atomic mass is 16.3. The van der Waals surface area contributed by atoms with Crippen LogP contribution in [-0.4, -0.2) is 26.1 Å². The molecule has 1 fully saturated rings. The largest absolute Gasteiger partial charge is 0.467 e. The Morgan fingerprint density at radius 3 is 2.89 bits per heavy atom. The number of amides is 1. The van der Waals surface area contributed by atoms with Gasteiger partial charge < -0.3 is 9.73 Å². The normalized spacial score (nSPS) is 20.0. The standard InChI is InChI=1S/C20H24N4O3/c1-14-6-2-3-8-16(14)22-18(25)13-23-17-9-4-10-21-19(17)24(20(23)26)12-15-7-5-11-27-15/h4-5,7,9-11,14,16H,2-3,6,8,12-13H2,1H3,(H,22,25)/t14-,16+/m1/s1. The number of imidazole rings is 1. The summed E-state index contributed by atoms with van der Waals surface area (Å²) in [5.74, 6) is 1.01. The average molecular weight is 368 g/mol. The van der Waals surface area contributed by atoms with Crippen LogP contribution >= 0.6 is 0 Å². The van der Waals surface area contributed by atoms with E-state index in [9.17, 15) is 9.59 Å². The number of aromatic nitrogens is 3. The number of pyridine rings is 1. The molecule has 0 aromatic carbocycles. The molecule has 3 aromatic rings. The Labute approximate surface area is 157 Å². The van der Waals surface area contributed by atoms with Gasteiger partial charge in [0.2, 0.25) is 5.91 Å². The van der Waals surface area contributed by atoms with Crippen molar-refractivity contribution in [3.05, 3.63) is 53.0 Å². The number of fused-ring (bicyclic) bond motifs is 1. The fraction of sp³-hybridized carbons (Fsp3) is 0.450. The van der Waals surface area contributed by atoms with E-state index < -0.39 is 0 Å². The fourth-order valence-corrected chi connectivity index (χ4v) is 3.93. The lowest BCUT2D eigenvalue weighted by molar-refractivity contribution is -0.122. The molecule has 7 nitrogen and oxygen atoms in total.